The number of nitrogens with one attached hydrogen (secondary N) is 1. The summed E-state index contributed by atoms with van der Waals surface area (Å²) in [6.45, 7) is 9.86. The largest absolute Gasteiger partial charge is 0.398 e. The quantitative estimate of drug-likeness (QED) is 0.0430. The van der Waals surface area contributed by atoms with Crippen LogP contribution in [0.1, 0.15) is 36.1 Å². The van der Waals surface area contributed by atoms with Gasteiger partial charge in [0.1, 0.15) is 11.6 Å². The maximum absolute atomic E-state index is 13.1. The molecule has 4 aromatic carbocycles. The first-order chi connectivity index (χ1) is 28.8. The summed E-state index contributed by atoms with van der Waals surface area (Å²) in [7, 11) is 0. The predicted molar refractivity (Wildman–Crippen MR) is 240 cm³/mol. The molecule has 2 aliphatic rings. The fourth-order valence-electron chi connectivity index (χ4n) is 6.95. The molecule has 6 rings (SSSR count). The monoisotopic (exact) mass is 872 g/mol. The highest BCUT2D eigenvalue weighted by Gasteiger charge is 2.27. The van der Waals surface area contributed by atoms with E-state index in [0.717, 1.165) is 61.5 Å². The molecular formula is C45H48Cl2F2N8O2S. The van der Waals surface area contributed by atoms with Crippen molar-refractivity contribution in [1.29, 1.82) is 5.26 Å². The van der Waals surface area contributed by atoms with E-state index in [-0.39, 0.29) is 35.5 Å². The Labute approximate surface area is 364 Å². The number of benzene rings is 4. The molecule has 2 heterocycles. The van der Waals surface area contributed by atoms with Gasteiger partial charge in [0.2, 0.25) is 11.8 Å². The number of nitrogen functional groups attached to an aromatic ring is 1. The van der Waals surface area contributed by atoms with Gasteiger partial charge < -0.3 is 15.5 Å². The van der Waals surface area contributed by atoms with Crippen LogP contribution in [0, 0.1) is 23.1 Å². The summed E-state index contributed by atoms with van der Waals surface area (Å²) in [5, 5.41) is 12.9. The fourth-order valence-corrected chi connectivity index (χ4v) is 7.64. The number of nitrogens with zero attached hydrogens (tertiary/aromatic N) is 6. The second-order valence-electron chi connectivity index (χ2n) is 14.5. The number of anilines is 1. The van der Waals surface area contributed by atoms with Crippen LogP contribution in [0.4, 0.5) is 20.2 Å². The first kappa shape index (κ1) is 45.8. The number of amides is 2. The van der Waals surface area contributed by atoms with Gasteiger partial charge in [0.25, 0.3) is 0 Å². The minimum Gasteiger partial charge on any atom is -0.398 e. The molecule has 0 aliphatic carbocycles. The molecule has 4 aromatic rings. The molecule has 2 fully saturated rings. The Kier molecular flexibility index (Phi) is 17.1. The number of carbonyl (C=O) groups excluding carboxylic acids is 2. The highest BCUT2D eigenvalue weighted by atomic mass is 35.5. The molecule has 0 radical (unpaired) electrons. The molecular weight excluding hydrogens is 826 g/mol. The van der Waals surface area contributed by atoms with Crippen molar-refractivity contribution in [3.8, 4) is 6.19 Å². The molecule has 2 saturated heterocycles. The van der Waals surface area contributed by atoms with Crippen molar-refractivity contribution in [3.63, 3.8) is 0 Å². The maximum Gasteiger partial charge on any atom is 0.246 e. The Hall–Kier alpha value is -5.23. The van der Waals surface area contributed by atoms with Crippen LogP contribution in [0.15, 0.2) is 102 Å². The topological polar surface area (TPSA) is 121 Å². The van der Waals surface area contributed by atoms with Gasteiger partial charge in [-0.1, -0.05) is 71.4 Å². The number of nitrogens with two attached hydrogens (primary N) is 1. The molecule has 60 heavy (non-hydrogen) atoms. The van der Waals surface area contributed by atoms with Gasteiger partial charge in [-0.2, -0.15) is 5.26 Å². The van der Waals surface area contributed by atoms with Crippen LogP contribution in [0.3, 0.4) is 0 Å². The van der Waals surface area contributed by atoms with Gasteiger partial charge in [0.05, 0.1) is 5.69 Å². The molecule has 0 saturated carbocycles. The van der Waals surface area contributed by atoms with Gasteiger partial charge in [-0.25, -0.2) is 13.8 Å². The minimum atomic E-state index is -0.241. The lowest BCUT2D eigenvalue weighted by atomic mass is 10.1. The van der Waals surface area contributed by atoms with Crippen molar-refractivity contribution in [3.05, 3.63) is 141 Å². The van der Waals surface area contributed by atoms with E-state index in [9.17, 15) is 18.4 Å². The normalized spacial score (nSPS) is 17.7. The fraction of sp³-hybridized carbons (Fsp3) is 0.289. The van der Waals surface area contributed by atoms with E-state index in [0.29, 0.717) is 39.7 Å². The van der Waals surface area contributed by atoms with Crippen LogP contribution in [0.25, 0.3) is 12.2 Å². The Balaban J connectivity index is 0.000000232. The van der Waals surface area contributed by atoms with Crippen LogP contribution in [-0.4, -0.2) is 94.2 Å². The second kappa shape index (κ2) is 22.4. The van der Waals surface area contributed by atoms with Gasteiger partial charge in [-0.3, -0.25) is 24.7 Å². The van der Waals surface area contributed by atoms with Gasteiger partial charge in [-0.05, 0) is 97.5 Å². The summed E-state index contributed by atoms with van der Waals surface area (Å²) in [5.74, 6) is -0.571. The molecule has 2 aliphatic heterocycles. The zero-order valence-corrected chi connectivity index (χ0v) is 36.0. The lowest BCUT2D eigenvalue weighted by Gasteiger charge is -2.39. The molecule has 2 atom stereocenters. The number of aliphatic imine (C=N–C) groups is 1. The van der Waals surface area contributed by atoms with Gasteiger partial charge in [0.15, 0.2) is 11.4 Å². The number of piperazine rings is 2. The van der Waals surface area contributed by atoms with E-state index in [1.165, 1.54) is 36.0 Å². The van der Waals surface area contributed by atoms with Crippen molar-refractivity contribution in [2.75, 3.05) is 51.3 Å². The SMILES string of the molecule is CC1CN(Cc2ccc(F)cc2)CCN1C(=O)/C=C/c1ccc(Cl)cc1N.CSC(=Nc1cc(Cl)ccc1/C=C/C(=O)N1CCN(Cc2ccc(F)cc2)CC1C)NC#N. The van der Waals surface area contributed by atoms with E-state index in [1.54, 1.807) is 85.0 Å². The Morgan fingerprint density at radius 3 is 1.70 bits per heavy atom. The average Bonchev–Trinajstić information content (AvgIpc) is 3.22. The van der Waals surface area contributed by atoms with Crippen molar-refractivity contribution in [2.45, 2.75) is 39.0 Å². The standard InChI is InChI=1S/C24H25ClFN5OS.C21H23ClFN3O/c1-17-14-30(15-18-3-8-21(26)9-4-18)11-12-31(17)23(32)10-6-19-5-7-20(25)13-22(19)29-24(33-2)28-16-27;1-15-13-25(14-16-2-7-19(23)8-3-16)10-11-26(15)21(27)9-5-17-4-6-18(22)12-20(17)24/h3-10,13,17H,11-12,14-15H2,1-2H3,(H,28,29);2-9,12,15H,10-11,13-14,24H2,1H3/b10-6+;9-5+. The third-order valence-corrected chi connectivity index (χ3v) is 11.1. The molecule has 10 nitrogen and oxygen atoms in total. The summed E-state index contributed by atoms with van der Waals surface area (Å²) in [5.41, 5.74) is 10.7. The van der Waals surface area contributed by atoms with Gasteiger partial charge >= 0.3 is 0 Å². The van der Waals surface area contributed by atoms with Crippen LogP contribution in [0.2, 0.25) is 10.0 Å². The van der Waals surface area contributed by atoms with Gasteiger partial charge in [0, 0.05) is 97.9 Å². The number of amidine groups is 1. The van der Waals surface area contributed by atoms with Crippen LogP contribution < -0.4 is 11.1 Å². The number of hydrogen-bond donors (Lipinski definition) is 2. The number of halogens is 4. The molecule has 314 valence electrons. The number of hydrogen-bond acceptors (Lipinski definition) is 8. The molecule has 0 spiro atoms. The van der Waals surface area contributed by atoms with Crippen molar-refractivity contribution >= 4 is 75.5 Å². The van der Waals surface area contributed by atoms with Crippen molar-refractivity contribution in [2.24, 2.45) is 4.99 Å². The lowest BCUT2D eigenvalue weighted by molar-refractivity contribution is -0.131. The Morgan fingerprint density at radius 2 is 1.25 bits per heavy atom. The number of rotatable bonds is 9. The third-order valence-electron chi connectivity index (χ3n) is 10.1. The number of nitriles is 1. The maximum atomic E-state index is 13.1. The van der Waals surface area contributed by atoms with Gasteiger partial charge in [-0.15, -0.1) is 0 Å². The summed E-state index contributed by atoms with van der Waals surface area (Å²) in [6.07, 6.45) is 10.2. The highest BCUT2D eigenvalue weighted by molar-refractivity contribution is 8.13. The zero-order valence-electron chi connectivity index (χ0n) is 33.7. The van der Waals surface area contributed by atoms with E-state index in [4.69, 9.17) is 34.2 Å². The van der Waals surface area contributed by atoms with Crippen molar-refractivity contribution in [1.82, 2.24) is 24.9 Å². The molecule has 2 unspecified atom stereocenters. The smallest absolute Gasteiger partial charge is 0.246 e. The Morgan fingerprint density at radius 1 is 0.783 bits per heavy atom. The number of thioether (sulfide) groups is 1. The summed E-state index contributed by atoms with van der Waals surface area (Å²) >= 11 is 13.3. The molecule has 0 bridgehead atoms. The van der Waals surface area contributed by atoms with E-state index >= 15 is 0 Å². The first-order valence-corrected chi connectivity index (χ1v) is 21.3. The summed E-state index contributed by atoms with van der Waals surface area (Å²) < 4.78 is 26.2. The van der Waals surface area contributed by atoms with Crippen molar-refractivity contribution < 1.29 is 18.4 Å². The molecule has 0 aromatic heterocycles. The second-order valence-corrected chi connectivity index (χ2v) is 16.2. The van der Waals surface area contributed by atoms with E-state index in [2.05, 4.69) is 20.1 Å². The predicted octanol–water partition coefficient (Wildman–Crippen LogP) is 8.45. The minimum absolute atomic E-state index is 0.0294. The first-order valence-electron chi connectivity index (χ1n) is 19.3. The molecule has 2 amide bonds. The van der Waals surface area contributed by atoms with Crippen LogP contribution >= 0.6 is 35.0 Å². The van der Waals surface area contributed by atoms with Crippen LogP contribution in [-0.2, 0) is 22.7 Å². The highest BCUT2D eigenvalue weighted by Crippen LogP contribution is 2.27. The van der Waals surface area contributed by atoms with E-state index < -0.39 is 0 Å². The molecule has 15 heteroatoms. The lowest BCUT2D eigenvalue weighted by Crippen LogP contribution is -2.53. The summed E-state index contributed by atoms with van der Waals surface area (Å²) in [4.78, 5) is 38.2. The van der Waals surface area contributed by atoms with Crippen LogP contribution in [0.5, 0.6) is 0 Å². The summed E-state index contributed by atoms with van der Waals surface area (Å²) in [6, 6.07) is 23.7. The third kappa shape index (κ3) is 13.7. The zero-order chi connectivity index (χ0) is 43.2. The number of carbonyl (C=O) groups is 2. The van der Waals surface area contributed by atoms with E-state index in [1.807, 2.05) is 36.1 Å². The average molecular weight is 874 g/mol. The Bertz CT molecular complexity index is 2230. The molecule has 3 N–H and O–H groups in total.